The zero-order valence-corrected chi connectivity index (χ0v) is 29.6. The van der Waals surface area contributed by atoms with Crippen molar-refractivity contribution in [3.63, 3.8) is 0 Å². The minimum absolute atomic E-state index is 0.0202. The van der Waals surface area contributed by atoms with E-state index in [1.807, 2.05) is 91.0 Å². The molecule has 12 rings (SSSR count). The van der Waals surface area contributed by atoms with Crippen LogP contribution in [0.5, 0.6) is 0 Å². The summed E-state index contributed by atoms with van der Waals surface area (Å²) in [6.45, 7) is 0. The van der Waals surface area contributed by atoms with Gasteiger partial charge in [0.05, 0.1) is 26.1 Å². The van der Waals surface area contributed by atoms with Crippen LogP contribution in [0.15, 0.2) is 191 Å². The van der Waals surface area contributed by atoms with Crippen molar-refractivity contribution in [3.05, 3.63) is 182 Å². The van der Waals surface area contributed by atoms with Gasteiger partial charge in [0.25, 0.3) is 0 Å². The van der Waals surface area contributed by atoms with Crippen molar-refractivity contribution in [1.82, 2.24) is 19.5 Å². The minimum atomic E-state index is -0.451. The average molecular weight is 742 g/mol. The third-order valence-corrected chi connectivity index (χ3v) is 10.2. The summed E-state index contributed by atoms with van der Waals surface area (Å²) in [5, 5.41) is 1.95. The van der Waals surface area contributed by atoms with Crippen LogP contribution in [0, 0.1) is 0 Å². The number of furan rings is 2. The van der Waals surface area contributed by atoms with E-state index in [-0.39, 0.29) is 115 Å². The molecule has 6 heteroatoms. The van der Waals surface area contributed by atoms with E-state index in [4.69, 9.17) is 32.0 Å². The van der Waals surface area contributed by atoms with Gasteiger partial charge in [0.2, 0.25) is 0 Å². The highest BCUT2D eigenvalue weighted by Crippen LogP contribution is 2.38. The molecule has 0 spiro atoms. The third kappa shape index (κ3) is 5.08. The molecule has 8 aromatic carbocycles. The standard InChI is InChI=1S/C51H30N4O2/c1-3-11-31(12-4-1)33-21-25-45-41(27-33)39-23-19-34(28-47(39)56-45)50-52-49(32-13-5-2-6-14-32)53-51(54-50)35-20-24-40-42-30-36(22-26-46(42)57-48(40)29-35)55-43-17-9-7-15-37(43)38-16-8-10-18-44(38)55/h1-30H/i7D,8D,9D,10D,15D,18D,20D,24D,26D,29D,30D. The molecule has 0 aliphatic carbocycles. The first kappa shape index (κ1) is 22.5. The maximum Gasteiger partial charge on any atom is 0.164 e. The first-order valence-electron chi connectivity index (χ1n) is 23.6. The molecule has 0 saturated carbocycles. The molecule has 0 fully saturated rings. The van der Waals surface area contributed by atoms with Crippen LogP contribution >= 0.6 is 0 Å². The molecular formula is C51H30N4O2. The van der Waals surface area contributed by atoms with Crippen LogP contribution in [-0.4, -0.2) is 19.5 Å². The molecule has 0 N–H and O–H groups in total. The van der Waals surface area contributed by atoms with Crippen LogP contribution in [0.4, 0.5) is 0 Å². The predicted molar refractivity (Wildman–Crippen MR) is 230 cm³/mol. The zero-order valence-electron chi connectivity index (χ0n) is 40.6. The van der Waals surface area contributed by atoms with Crippen molar-refractivity contribution in [3.8, 4) is 51.0 Å². The molecule has 0 bridgehead atoms. The molecule has 0 aliphatic rings. The summed E-state index contributed by atoms with van der Waals surface area (Å²) in [7, 11) is 0. The van der Waals surface area contributed by atoms with Crippen molar-refractivity contribution in [2.75, 3.05) is 0 Å². The summed E-state index contributed by atoms with van der Waals surface area (Å²) in [6.07, 6.45) is 0. The molecule has 12 aromatic rings. The first-order chi connectivity index (χ1) is 32.8. The van der Waals surface area contributed by atoms with E-state index in [0.29, 0.717) is 22.3 Å². The lowest BCUT2D eigenvalue weighted by molar-refractivity contribution is 0.668. The van der Waals surface area contributed by atoms with Crippen LogP contribution in [0.25, 0.3) is 117 Å². The van der Waals surface area contributed by atoms with Gasteiger partial charge in [0.1, 0.15) is 22.3 Å². The maximum absolute atomic E-state index is 9.64. The third-order valence-electron chi connectivity index (χ3n) is 10.2. The predicted octanol–water partition coefficient (Wildman–Crippen LogP) is 13.4. The number of para-hydroxylation sites is 2. The van der Waals surface area contributed by atoms with Gasteiger partial charge in [0, 0.05) is 54.7 Å². The van der Waals surface area contributed by atoms with Gasteiger partial charge in [-0.1, -0.05) is 115 Å². The van der Waals surface area contributed by atoms with Gasteiger partial charge in [-0.15, -0.1) is 0 Å². The summed E-state index contributed by atoms with van der Waals surface area (Å²) in [6, 6.07) is 30.7. The molecule has 0 radical (unpaired) electrons. The quantitative estimate of drug-likeness (QED) is 0.176. The van der Waals surface area contributed by atoms with Gasteiger partial charge in [0.15, 0.2) is 17.5 Å². The number of rotatable bonds is 5. The van der Waals surface area contributed by atoms with E-state index < -0.39 is 24.2 Å². The van der Waals surface area contributed by atoms with Crippen LogP contribution < -0.4 is 0 Å². The van der Waals surface area contributed by atoms with E-state index in [0.717, 1.165) is 21.9 Å². The van der Waals surface area contributed by atoms with Crippen molar-refractivity contribution in [1.29, 1.82) is 0 Å². The van der Waals surface area contributed by atoms with Gasteiger partial charge >= 0.3 is 0 Å². The molecule has 4 heterocycles. The zero-order chi connectivity index (χ0) is 47.0. The summed E-state index contributed by atoms with van der Waals surface area (Å²) in [4.78, 5) is 14.4. The minimum Gasteiger partial charge on any atom is -0.456 e. The lowest BCUT2D eigenvalue weighted by atomic mass is 10.0. The lowest BCUT2D eigenvalue weighted by Crippen LogP contribution is -2.00. The largest absolute Gasteiger partial charge is 0.456 e. The summed E-state index contributed by atoms with van der Waals surface area (Å²) < 4.78 is 113. The Bertz CT molecular complexity index is 4170. The molecule has 0 aliphatic heterocycles. The molecule has 4 aromatic heterocycles. The number of hydrogen-bond acceptors (Lipinski definition) is 5. The summed E-state index contributed by atoms with van der Waals surface area (Å²) >= 11 is 0. The first-order valence-corrected chi connectivity index (χ1v) is 18.1. The van der Waals surface area contributed by atoms with Crippen molar-refractivity contribution in [2.45, 2.75) is 0 Å². The Morgan fingerprint density at radius 3 is 1.98 bits per heavy atom. The van der Waals surface area contributed by atoms with Gasteiger partial charge < -0.3 is 13.4 Å². The second kappa shape index (κ2) is 12.3. The Labute approximate surface area is 341 Å². The van der Waals surface area contributed by atoms with Crippen LogP contribution in [0.1, 0.15) is 15.1 Å². The monoisotopic (exact) mass is 741 g/mol. The summed E-state index contributed by atoms with van der Waals surface area (Å²) in [5.41, 5.74) is 4.20. The Morgan fingerprint density at radius 1 is 0.386 bits per heavy atom. The highest BCUT2D eigenvalue weighted by molar-refractivity contribution is 6.11. The van der Waals surface area contributed by atoms with E-state index in [9.17, 15) is 6.85 Å². The molecule has 0 saturated heterocycles. The van der Waals surface area contributed by atoms with Gasteiger partial charge in [-0.25, -0.2) is 15.0 Å². The Morgan fingerprint density at radius 2 is 1.12 bits per heavy atom. The second-order valence-electron chi connectivity index (χ2n) is 13.6. The average Bonchev–Trinajstić information content (AvgIpc) is 4.04. The smallest absolute Gasteiger partial charge is 0.164 e. The van der Waals surface area contributed by atoms with E-state index in [1.54, 1.807) is 0 Å². The molecule has 57 heavy (non-hydrogen) atoms. The van der Waals surface area contributed by atoms with E-state index in [1.165, 1.54) is 22.8 Å². The summed E-state index contributed by atoms with van der Waals surface area (Å²) in [5.74, 6) is 0.358. The number of benzene rings is 8. The normalized spacial score (nSPS) is 14.6. The van der Waals surface area contributed by atoms with Gasteiger partial charge in [-0.3, -0.25) is 0 Å². The van der Waals surface area contributed by atoms with Crippen LogP contribution in [-0.2, 0) is 0 Å². The molecule has 0 atom stereocenters. The van der Waals surface area contributed by atoms with Crippen molar-refractivity contribution in [2.24, 2.45) is 0 Å². The number of nitrogens with zero attached hydrogens (tertiary/aromatic N) is 4. The van der Waals surface area contributed by atoms with Crippen LogP contribution in [0.2, 0.25) is 0 Å². The molecule has 0 unspecified atom stereocenters. The Kier molecular flexibility index (Phi) is 4.88. The highest BCUT2D eigenvalue weighted by Gasteiger charge is 2.18. The van der Waals surface area contributed by atoms with Gasteiger partial charge in [-0.2, -0.15) is 0 Å². The highest BCUT2D eigenvalue weighted by atomic mass is 16.3. The molecule has 0 amide bonds. The maximum atomic E-state index is 9.64. The Balaban J connectivity index is 1.06. The lowest BCUT2D eigenvalue weighted by Gasteiger charge is -2.08. The molecule has 266 valence electrons. The number of aromatic nitrogens is 4. The molecular weight excluding hydrogens is 701 g/mol. The SMILES string of the molecule is [2H]c1cc2c(c([2H])c1[2H])c1cc([2H])c([2H])c([2H])c1n2-c1cc([2H])c2oc3c([2H])c(-c4nc(-c5ccccc5)nc(-c5ccc6c(c5)oc5ccc(-c7ccccc7)cc56)n4)c([2H])c([2H])c3c2c1[2H]. The fourth-order valence-corrected chi connectivity index (χ4v) is 7.52. The van der Waals surface area contributed by atoms with Gasteiger partial charge in [-0.05, 0) is 77.7 Å². The van der Waals surface area contributed by atoms with Crippen molar-refractivity contribution >= 4 is 65.7 Å². The van der Waals surface area contributed by atoms with E-state index in [2.05, 4.69) is 6.07 Å². The number of fused-ring (bicyclic) bond motifs is 9. The molecule has 6 nitrogen and oxygen atoms in total. The number of hydrogen-bond donors (Lipinski definition) is 0. The fourth-order valence-electron chi connectivity index (χ4n) is 7.52. The fraction of sp³-hybridized carbons (Fsp3) is 0. The van der Waals surface area contributed by atoms with Crippen LogP contribution in [0.3, 0.4) is 0 Å². The van der Waals surface area contributed by atoms with Crippen molar-refractivity contribution < 1.29 is 23.9 Å². The Hall–Kier alpha value is -7.83. The second-order valence-corrected chi connectivity index (χ2v) is 13.6. The topological polar surface area (TPSA) is 69.9 Å². The van der Waals surface area contributed by atoms with E-state index >= 15 is 0 Å².